The van der Waals surface area contributed by atoms with Gasteiger partial charge in [-0.15, -0.1) is 0 Å². The second kappa shape index (κ2) is 9.52. The van der Waals surface area contributed by atoms with Crippen LogP contribution in [0, 0.1) is 5.41 Å². The zero-order valence-corrected chi connectivity index (χ0v) is 20.0. The average molecular weight is 442 g/mol. The van der Waals surface area contributed by atoms with Crippen LogP contribution >= 0.6 is 0 Å². The summed E-state index contributed by atoms with van der Waals surface area (Å²) in [5.74, 6) is 0.447. The van der Waals surface area contributed by atoms with Gasteiger partial charge in [-0.3, -0.25) is 9.59 Å². The Kier molecular flexibility index (Phi) is 6.91. The highest BCUT2D eigenvalue weighted by Gasteiger charge is 2.47. The van der Waals surface area contributed by atoms with Crippen LogP contribution in [0.2, 0.25) is 0 Å². The van der Waals surface area contributed by atoms with E-state index in [2.05, 4.69) is 41.1 Å². The third-order valence-corrected chi connectivity index (χ3v) is 8.26. The number of carbonyl (C=O) groups excluding carboxylic acids is 2. The van der Waals surface area contributed by atoms with E-state index in [1.807, 2.05) is 18.0 Å². The van der Waals surface area contributed by atoms with E-state index < -0.39 is 0 Å². The van der Waals surface area contributed by atoms with Crippen molar-refractivity contribution >= 4 is 11.8 Å². The molecule has 1 aromatic rings. The van der Waals surface area contributed by atoms with Crippen molar-refractivity contribution in [1.82, 2.24) is 14.7 Å². The summed E-state index contributed by atoms with van der Waals surface area (Å²) in [5, 5.41) is 0. The first-order valence-electron chi connectivity index (χ1n) is 12.2. The predicted molar refractivity (Wildman–Crippen MR) is 125 cm³/mol. The molecule has 3 aliphatic heterocycles. The van der Waals surface area contributed by atoms with Gasteiger partial charge in [-0.25, -0.2) is 0 Å². The fourth-order valence-corrected chi connectivity index (χ4v) is 5.89. The van der Waals surface area contributed by atoms with Crippen LogP contribution in [0.25, 0.3) is 0 Å². The molecule has 3 aliphatic rings. The van der Waals surface area contributed by atoms with Crippen LogP contribution in [0.1, 0.15) is 51.0 Å². The van der Waals surface area contributed by atoms with E-state index in [1.54, 1.807) is 6.92 Å². The van der Waals surface area contributed by atoms with Crippen LogP contribution in [0.3, 0.4) is 0 Å². The van der Waals surface area contributed by atoms with E-state index in [4.69, 9.17) is 4.74 Å². The van der Waals surface area contributed by atoms with Crippen molar-refractivity contribution in [3.8, 4) is 0 Å². The van der Waals surface area contributed by atoms with Gasteiger partial charge in [-0.1, -0.05) is 30.3 Å². The fraction of sp³-hybridized carbons (Fsp3) is 0.692. The van der Waals surface area contributed by atoms with Gasteiger partial charge in [0.05, 0.1) is 11.0 Å². The van der Waals surface area contributed by atoms with Gasteiger partial charge in [-0.05, 0) is 70.6 Å². The number of piperidine rings is 2. The van der Waals surface area contributed by atoms with E-state index in [0.717, 1.165) is 71.1 Å². The van der Waals surface area contributed by atoms with Gasteiger partial charge < -0.3 is 19.4 Å². The third kappa shape index (κ3) is 4.86. The van der Waals surface area contributed by atoms with Crippen LogP contribution in [-0.2, 0) is 20.7 Å². The summed E-state index contributed by atoms with van der Waals surface area (Å²) in [6, 6.07) is 10.7. The van der Waals surface area contributed by atoms with Gasteiger partial charge in [0.25, 0.3) is 0 Å². The molecule has 176 valence electrons. The molecule has 3 heterocycles. The molecule has 0 bridgehead atoms. The molecule has 1 unspecified atom stereocenters. The topological polar surface area (TPSA) is 53.1 Å². The van der Waals surface area contributed by atoms with Crippen molar-refractivity contribution in [3.63, 3.8) is 0 Å². The molecule has 3 fully saturated rings. The van der Waals surface area contributed by atoms with Crippen molar-refractivity contribution in [2.75, 3.05) is 46.9 Å². The molecule has 1 atom stereocenters. The molecule has 0 aromatic heterocycles. The number of likely N-dealkylation sites (tertiary alicyclic amines) is 2. The fourth-order valence-electron chi connectivity index (χ4n) is 5.89. The normalized spacial score (nSPS) is 25.5. The number of benzene rings is 1. The Hall–Kier alpha value is -1.92. The first kappa shape index (κ1) is 23.2. The standard InChI is InChI=1S/C26H39N3O3/c1-21(30)28(3)23-9-18-32-26(20-23)12-16-29(17-13-26)24(31)25(10-14-27(2)15-11-25)19-22-7-5-4-6-8-22/h4-8,23H,9-20H2,1-3H3. The van der Waals surface area contributed by atoms with Gasteiger partial charge in [-0.2, -0.15) is 0 Å². The zero-order valence-electron chi connectivity index (χ0n) is 20.0. The number of carbonyl (C=O) groups is 2. The summed E-state index contributed by atoms with van der Waals surface area (Å²) in [6.07, 6.45) is 6.16. The minimum atomic E-state index is -0.302. The SMILES string of the molecule is CC(=O)N(C)C1CCOC2(CCN(C(=O)C3(Cc4ccccc4)CCN(C)CC3)CC2)C1. The number of amides is 2. The minimum absolute atomic E-state index is 0.116. The summed E-state index contributed by atoms with van der Waals surface area (Å²) < 4.78 is 6.29. The number of hydrogen-bond donors (Lipinski definition) is 0. The lowest BCUT2D eigenvalue weighted by Gasteiger charge is -2.49. The Labute approximate surface area is 192 Å². The average Bonchev–Trinajstić information content (AvgIpc) is 2.81. The summed E-state index contributed by atoms with van der Waals surface area (Å²) in [4.78, 5) is 32.1. The molecule has 3 saturated heterocycles. The lowest BCUT2D eigenvalue weighted by atomic mass is 9.72. The summed E-state index contributed by atoms with van der Waals surface area (Å²) in [6.45, 7) is 5.78. The summed E-state index contributed by atoms with van der Waals surface area (Å²) >= 11 is 0. The Morgan fingerprint density at radius 3 is 2.34 bits per heavy atom. The molecule has 4 rings (SSSR count). The largest absolute Gasteiger partial charge is 0.375 e. The number of hydrogen-bond acceptors (Lipinski definition) is 4. The maximum atomic E-state index is 13.9. The molecular weight excluding hydrogens is 402 g/mol. The number of rotatable bonds is 4. The minimum Gasteiger partial charge on any atom is -0.375 e. The monoisotopic (exact) mass is 441 g/mol. The Balaban J connectivity index is 1.44. The van der Waals surface area contributed by atoms with Crippen molar-refractivity contribution in [2.45, 2.75) is 63.5 Å². The van der Waals surface area contributed by atoms with E-state index in [1.165, 1.54) is 5.56 Å². The van der Waals surface area contributed by atoms with E-state index in [9.17, 15) is 9.59 Å². The van der Waals surface area contributed by atoms with E-state index >= 15 is 0 Å². The lowest BCUT2D eigenvalue weighted by molar-refractivity contribution is -0.160. The summed E-state index contributed by atoms with van der Waals surface area (Å²) in [7, 11) is 4.05. The molecule has 2 amide bonds. The molecule has 1 spiro atoms. The van der Waals surface area contributed by atoms with Gasteiger partial charge in [0, 0.05) is 39.7 Å². The second-order valence-corrected chi connectivity index (χ2v) is 10.3. The van der Waals surface area contributed by atoms with E-state index in [0.29, 0.717) is 12.5 Å². The molecule has 6 nitrogen and oxygen atoms in total. The van der Waals surface area contributed by atoms with Crippen LogP contribution < -0.4 is 0 Å². The Bertz CT molecular complexity index is 796. The lowest BCUT2D eigenvalue weighted by Crippen LogP contribution is -2.57. The van der Waals surface area contributed by atoms with Crippen LogP contribution in [0.4, 0.5) is 0 Å². The van der Waals surface area contributed by atoms with Crippen molar-refractivity contribution < 1.29 is 14.3 Å². The first-order valence-corrected chi connectivity index (χ1v) is 12.2. The molecule has 0 N–H and O–H groups in total. The smallest absolute Gasteiger partial charge is 0.229 e. The molecular formula is C26H39N3O3. The molecule has 32 heavy (non-hydrogen) atoms. The maximum Gasteiger partial charge on any atom is 0.229 e. The second-order valence-electron chi connectivity index (χ2n) is 10.3. The highest BCUT2D eigenvalue weighted by Crippen LogP contribution is 2.41. The van der Waals surface area contributed by atoms with Crippen LogP contribution in [-0.4, -0.2) is 85.0 Å². The number of nitrogens with zero attached hydrogens (tertiary/aromatic N) is 3. The quantitative estimate of drug-likeness (QED) is 0.721. The van der Waals surface area contributed by atoms with Gasteiger partial charge in [0.1, 0.15) is 0 Å². The molecule has 6 heteroatoms. The summed E-state index contributed by atoms with van der Waals surface area (Å²) in [5.41, 5.74) is 0.760. The van der Waals surface area contributed by atoms with Gasteiger partial charge in [0.15, 0.2) is 0 Å². The molecule has 0 aliphatic carbocycles. The molecule has 0 saturated carbocycles. The van der Waals surface area contributed by atoms with Crippen molar-refractivity contribution in [3.05, 3.63) is 35.9 Å². The van der Waals surface area contributed by atoms with Crippen LogP contribution in [0.15, 0.2) is 30.3 Å². The predicted octanol–water partition coefficient (Wildman–Crippen LogP) is 2.96. The highest BCUT2D eigenvalue weighted by atomic mass is 16.5. The van der Waals surface area contributed by atoms with Crippen molar-refractivity contribution in [2.24, 2.45) is 5.41 Å². The number of ether oxygens (including phenoxy) is 1. The first-order chi connectivity index (χ1) is 15.3. The maximum absolute atomic E-state index is 13.9. The van der Waals surface area contributed by atoms with Crippen molar-refractivity contribution in [1.29, 1.82) is 0 Å². The van der Waals surface area contributed by atoms with Crippen LogP contribution in [0.5, 0.6) is 0 Å². The third-order valence-electron chi connectivity index (χ3n) is 8.26. The molecule has 1 aromatic carbocycles. The van der Waals surface area contributed by atoms with Gasteiger partial charge >= 0.3 is 0 Å². The zero-order chi connectivity index (χ0) is 22.8. The Morgan fingerprint density at radius 1 is 1.06 bits per heavy atom. The van der Waals surface area contributed by atoms with Gasteiger partial charge in [0.2, 0.25) is 11.8 Å². The molecule has 0 radical (unpaired) electrons. The van der Waals surface area contributed by atoms with E-state index in [-0.39, 0.29) is 23.0 Å². The Morgan fingerprint density at radius 2 is 1.72 bits per heavy atom. The highest BCUT2D eigenvalue weighted by molar-refractivity contribution is 5.83.